The van der Waals surface area contributed by atoms with Gasteiger partial charge in [0.05, 0.1) is 5.41 Å². The van der Waals surface area contributed by atoms with Crippen molar-refractivity contribution in [2.24, 2.45) is 0 Å². The van der Waals surface area contributed by atoms with Crippen molar-refractivity contribution in [3.8, 4) is 0 Å². The minimum atomic E-state index is -0.462. The zero-order valence-electron chi connectivity index (χ0n) is 13.4. The van der Waals surface area contributed by atoms with Crippen LogP contribution in [0.25, 0.3) is 0 Å². The first-order chi connectivity index (χ1) is 10.4. The summed E-state index contributed by atoms with van der Waals surface area (Å²) in [6.45, 7) is 5.67. The number of piperidine rings is 1. The van der Waals surface area contributed by atoms with Crippen LogP contribution in [-0.4, -0.2) is 42.9 Å². The first-order valence-corrected chi connectivity index (χ1v) is 7.88. The maximum Gasteiger partial charge on any atom is 0.251 e. The van der Waals surface area contributed by atoms with Gasteiger partial charge >= 0.3 is 0 Å². The maximum atomic E-state index is 12.5. The lowest BCUT2D eigenvalue weighted by molar-refractivity contribution is -0.122. The molecule has 0 unspecified atom stereocenters. The number of rotatable bonds is 2. The van der Waals surface area contributed by atoms with E-state index >= 15 is 0 Å². The van der Waals surface area contributed by atoms with Crippen LogP contribution in [0.2, 0.25) is 0 Å². The second-order valence-electron chi connectivity index (χ2n) is 6.73. The van der Waals surface area contributed by atoms with Crippen molar-refractivity contribution in [3.05, 3.63) is 29.3 Å². The Labute approximate surface area is 131 Å². The molecule has 2 heterocycles. The van der Waals surface area contributed by atoms with E-state index < -0.39 is 5.41 Å². The third-order valence-electron chi connectivity index (χ3n) is 4.74. The van der Waals surface area contributed by atoms with Crippen LogP contribution in [0.3, 0.4) is 0 Å². The van der Waals surface area contributed by atoms with Crippen LogP contribution in [0.5, 0.6) is 0 Å². The van der Waals surface area contributed by atoms with Crippen molar-refractivity contribution in [1.82, 2.24) is 10.2 Å². The van der Waals surface area contributed by atoms with Gasteiger partial charge in [-0.2, -0.15) is 0 Å². The summed E-state index contributed by atoms with van der Waals surface area (Å²) in [5.41, 5.74) is 2.01. The van der Waals surface area contributed by atoms with E-state index in [1.54, 1.807) is 6.07 Å². The van der Waals surface area contributed by atoms with E-state index in [-0.39, 0.29) is 17.9 Å². The lowest BCUT2D eigenvalue weighted by atomic mass is 9.73. The summed E-state index contributed by atoms with van der Waals surface area (Å²) in [5.74, 6) is -0.00255. The number of carbonyl (C=O) groups is 2. The highest BCUT2D eigenvalue weighted by Gasteiger charge is 2.48. The molecule has 1 aromatic rings. The van der Waals surface area contributed by atoms with Crippen molar-refractivity contribution >= 4 is 17.5 Å². The van der Waals surface area contributed by atoms with Gasteiger partial charge in [-0.15, -0.1) is 0 Å². The first kappa shape index (κ1) is 15.0. The van der Waals surface area contributed by atoms with Gasteiger partial charge in [0.2, 0.25) is 5.91 Å². The molecule has 1 aromatic carbocycles. The van der Waals surface area contributed by atoms with E-state index in [1.807, 2.05) is 26.0 Å². The van der Waals surface area contributed by atoms with Crippen LogP contribution in [0.4, 0.5) is 5.69 Å². The van der Waals surface area contributed by atoms with Crippen molar-refractivity contribution in [3.63, 3.8) is 0 Å². The van der Waals surface area contributed by atoms with Gasteiger partial charge in [-0.3, -0.25) is 9.59 Å². The second-order valence-corrected chi connectivity index (χ2v) is 6.73. The molecule has 1 spiro atoms. The van der Waals surface area contributed by atoms with E-state index in [1.165, 1.54) is 0 Å². The number of nitrogens with one attached hydrogen (secondary N) is 2. The van der Waals surface area contributed by atoms with Crippen LogP contribution in [0.15, 0.2) is 18.2 Å². The van der Waals surface area contributed by atoms with Gasteiger partial charge in [0.25, 0.3) is 5.91 Å². The Hall–Kier alpha value is -1.88. The molecule has 0 bridgehead atoms. The third-order valence-corrected chi connectivity index (χ3v) is 4.74. The number of anilines is 1. The maximum absolute atomic E-state index is 12.5. The summed E-state index contributed by atoms with van der Waals surface area (Å²) in [6, 6.07) is 5.63. The monoisotopic (exact) mass is 301 g/mol. The van der Waals surface area contributed by atoms with Gasteiger partial charge < -0.3 is 15.5 Å². The molecule has 2 aliphatic heterocycles. The molecule has 0 radical (unpaired) electrons. The molecule has 0 atom stereocenters. The van der Waals surface area contributed by atoms with E-state index in [0.29, 0.717) is 5.56 Å². The van der Waals surface area contributed by atoms with Crippen LogP contribution in [-0.2, 0) is 10.2 Å². The number of hydrogen-bond acceptors (Lipinski definition) is 3. The molecular weight excluding hydrogens is 278 g/mol. The molecule has 5 nitrogen and oxygen atoms in total. The summed E-state index contributed by atoms with van der Waals surface area (Å²) in [7, 11) is 2.08. The van der Waals surface area contributed by atoms with Crippen LogP contribution in [0, 0.1) is 0 Å². The quantitative estimate of drug-likeness (QED) is 0.874. The van der Waals surface area contributed by atoms with Crippen LogP contribution >= 0.6 is 0 Å². The molecule has 3 rings (SSSR count). The molecule has 2 amide bonds. The van der Waals surface area contributed by atoms with E-state index in [9.17, 15) is 9.59 Å². The van der Waals surface area contributed by atoms with E-state index in [2.05, 4.69) is 22.6 Å². The van der Waals surface area contributed by atoms with Crippen molar-refractivity contribution in [2.75, 3.05) is 25.5 Å². The highest BCUT2D eigenvalue weighted by Crippen LogP contribution is 2.45. The second kappa shape index (κ2) is 5.39. The number of benzene rings is 1. The highest BCUT2D eigenvalue weighted by atomic mass is 16.2. The number of likely N-dealkylation sites (tertiary alicyclic amines) is 1. The third kappa shape index (κ3) is 2.39. The van der Waals surface area contributed by atoms with E-state index in [4.69, 9.17) is 0 Å². The number of nitrogens with zero attached hydrogens (tertiary/aromatic N) is 1. The minimum absolute atomic E-state index is 0.0806. The average molecular weight is 301 g/mol. The Morgan fingerprint density at radius 2 is 2.00 bits per heavy atom. The number of amides is 2. The fourth-order valence-electron chi connectivity index (χ4n) is 3.40. The van der Waals surface area contributed by atoms with Crippen molar-refractivity contribution < 1.29 is 9.59 Å². The smallest absolute Gasteiger partial charge is 0.251 e. The molecule has 1 saturated heterocycles. The summed E-state index contributed by atoms with van der Waals surface area (Å²) >= 11 is 0. The molecule has 0 saturated carbocycles. The number of hydrogen-bond donors (Lipinski definition) is 2. The van der Waals surface area contributed by atoms with Gasteiger partial charge in [0, 0.05) is 17.3 Å². The molecule has 2 N–H and O–H groups in total. The fraction of sp³-hybridized carbons (Fsp3) is 0.529. The predicted molar refractivity (Wildman–Crippen MR) is 86.1 cm³/mol. The summed E-state index contributed by atoms with van der Waals surface area (Å²) in [6.07, 6.45) is 1.61. The zero-order chi connectivity index (χ0) is 15.9. The Morgan fingerprint density at radius 1 is 1.32 bits per heavy atom. The van der Waals surface area contributed by atoms with Gasteiger partial charge in [-0.25, -0.2) is 0 Å². The lowest BCUT2D eigenvalue weighted by Crippen LogP contribution is -2.45. The Bertz CT molecular complexity index is 616. The van der Waals surface area contributed by atoms with Gasteiger partial charge in [0.1, 0.15) is 0 Å². The molecule has 1 fully saturated rings. The molecule has 5 heteroatoms. The fourth-order valence-corrected chi connectivity index (χ4v) is 3.40. The summed E-state index contributed by atoms with van der Waals surface area (Å²) in [4.78, 5) is 27.0. The molecule has 0 aromatic heterocycles. The average Bonchev–Trinajstić information content (AvgIpc) is 2.73. The molecular formula is C17H23N3O2. The SMILES string of the molecule is CC(C)NC(=O)c1ccc2c(c1)C1(CCN(C)CC1)C(=O)N2. The summed E-state index contributed by atoms with van der Waals surface area (Å²) < 4.78 is 0. The van der Waals surface area contributed by atoms with Gasteiger partial charge in [0.15, 0.2) is 0 Å². The van der Waals surface area contributed by atoms with Crippen molar-refractivity contribution in [1.29, 1.82) is 0 Å². The van der Waals surface area contributed by atoms with Gasteiger partial charge in [-0.05, 0) is 70.6 Å². The molecule has 0 aliphatic carbocycles. The first-order valence-electron chi connectivity index (χ1n) is 7.88. The molecule has 2 aliphatic rings. The Balaban J connectivity index is 1.96. The van der Waals surface area contributed by atoms with Crippen LogP contribution < -0.4 is 10.6 Å². The normalized spacial score (nSPS) is 20.1. The van der Waals surface area contributed by atoms with Crippen LogP contribution in [0.1, 0.15) is 42.6 Å². The summed E-state index contributed by atoms with van der Waals surface area (Å²) in [5, 5.41) is 5.90. The predicted octanol–water partition coefficient (Wildman–Crippen LogP) is 1.74. The topological polar surface area (TPSA) is 61.4 Å². The highest BCUT2D eigenvalue weighted by molar-refractivity contribution is 6.07. The van der Waals surface area contributed by atoms with Gasteiger partial charge in [-0.1, -0.05) is 0 Å². The Kier molecular flexibility index (Phi) is 3.68. The van der Waals surface area contributed by atoms with Crippen molar-refractivity contribution in [2.45, 2.75) is 38.1 Å². The van der Waals surface area contributed by atoms with E-state index in [0.717, 1.165) is 37.2 Å². The minimum Gasteiger partial charge on any atom is -0.350 e. The lowest BCUT2D eigenvalue weighted by Gasteiger charge is -2.36. The largest absolute Gasteiger partial charge is 0.350 e. The molecule has 22 heavy (non-hydrogen) atoms. The number of carbonyl (C=O) groups excluding carboxylic acids is 2. The number of fused-ring (bicyclic) bond motifs is 2. The zero-order valence-corrected chi connectivity index (χ0v) is 13.4. The molecule has 118 valence electrons. The Morgan fingerprint density at radius 3 is 2.64 bits per heavy atom. The standard InChI is InChI=1S/C17H23N3O2/c1-11(2)18-15(21)12-4-5-14-13(10-12)17(16(22)19-14)6-8-20(3)9-7-17/h4-5,10-11H,6-9H2,1-3H3,(H,18,21)(H,19,22).